The fraction of sp³-hybridized carbons (Fsp3) is 0.929. The molecule has 0 unspecified atom stereocenters. The molecule has 0 saturated carbocycles. The number of hydrogen-bond acceptors (Lipinski definition) is 1. The molecule has 0 aromatic heterocycles. The maximum atomic E-state index is 12.4. The van der Waals surface area contributed by atoms with Crippen molar-refractivity contribution in [2.24, 2.45) is 0 Å². The molecule has 0 spiro atoms. The van der Waals surface area contributed by atoms with Crippen LogP contribution in [0.1, 0.15) is 57.8 Å². The van der Waals surface area contributed by atoms with Crippen LogP contribution in [-0.2, 0) is 0 Å². The van der Waals surface area contributed by atoms with E-state index in [9.17, 15) is 4.79 Å². The first kappa shape index (κ1) is 12.7. The molecule has 2 aliphatic heterocycles. The fourth-order valence-electron chi connectivity index (χ4n) is 2.90. The van der Waals surface area contributed by atoms with Crippen LogP contribution in [0, 0.1) is 0 Å². The molecule has 98 valence electrons. The summed E-state index contributed by atoms with van der Waals surface area (Å²) in [5.41, 5.74) is 0. The van der Waals surface area contributed by atoms with Crippen molar-refractivity contribution in [2.75, 3.05) is 26.2 Å². The highest BCUT2D eigenvalue weighted by Gasteiger charge is 2.21. The van der Waals surface area contributed by atoms with Gasteiger partial charge >= 0.3 is 6.03 Å². The van der Waals surface area contributed by atoms with Gasteiger partial charge in [-0.1, -0.05) is 32.1 Å². The van der Waals surface area contributed by atoms with E-state index in [2.05, 4.69) is 9.80 Å². The number of carbonyl (C=O) groups excluding carboxylic acids is 1. The molecule has 2 amide bonds. The molecule has 0 radical (unpaired) electrons. The highest BCUT2D eigenvalue weighted by molar-refractivity contribution is 5.74. The zero-order valence-corrected chi connectivity index (χ0v) is 11.0. The predicted molar refractivity (Wildman–Crippen MR) is 70.1 cm³/mol. The smallest absolute Gasteiger partial charge is 0.319 e. The topological polar surface area (TPSA) is 23.6 Å². The Labute approximate surface area is 105 Å². The van der Waals surface area contributed by atoms with Gasteiger partial charge in [0.2, 0.25) is 0 Å². The van der Waals surface area contributed by atoms with Crippen LogP contribution in [0.5, 0.6) is 0 Å². The Bertz CT molecular complexity index is 226. The van der Waals surface area contributed by atoms with Crippen LogP contribution in [0.25, 0.3) is 0 Å². The van der Waals surface area contributed by atoms with Crippen LogP contribution in [-0.4, -0.2) is 42.0 Å². The molecule has 0 aromatic rings. The lowest BCUT2D eigenvalue weighted by Gasteiger charge is -2.31. The quantitative estimate of drug-likeness (QED) is 0.635. The third kappa shape index (κ3) is 3.90. The molecular formula is C14H26N2O. The van der Waals surface area contributed by atoms with Gasteiger partial charge in [0.25, 0.3) is 0 Å². The molecule has 2 heterocycles. The number of amides is 2. The Morgan fingerprint density at radius 2 is 0.824 bits per heavy atom. The molecule has 0 bridgehead atoms. The number of carbonyl (C=O) groups is 1. The second-order valence-corrected chi connectivity index (χ2v) is 5.44. The van der Waals surface area contributed by atoms with Gasteiger partial charge in [-0.2, -0.15) is 0 Å². The molecule has 0 aromatic carbocycles. The Morgan fingerprint density at radius 1 is 0.529 bits per heavy atom. The lowest BCUT2D eigenvalue weighted by Crippen LogP contribution is -2.44. The first-order chi connectivity index (χ1) is 8.38. The van der Waals surface area contributed by atoms with E-state index < -0.39 is 0 Å². The molecule has 3 nitrogen and oxygen atoms in total. The van der Waals surface area contributed by atoms with Crippen molar-refractivity contribution in [3.05, 3.63) is 0 Å². The number of rotatable bonds is 0. The number of nitrogens with zero attached hydrogens (tertiary/aromatic N) is 2. The number of urea groups is 1. The molecular weight excluding hydrogens is 212 g/mol. The summed E-state index contributed by atoms with van der Waals surface area (Å²) in [5, 5.41) is 0. The van der Waals surface area contributed by atoms with Gasteiger partial charge in [-0.3, -0.25) is 0 Å². The molecule has 2 aliphatic rings. The Balaban J connectivity index is 1.86. The summed E-state index contributed by atoms with van der Waals surface area (Å²) in [4.78, 5) is 16.6. The van der Waals surface area contributed by atoms with Gasteiger partial charge < -0.3 is 9.80 Å². The molecule has 2 saturated heterocycles. The summed E-state index contributed by atoms with van der Waals surface area (Å²) >= 11 is 0. The average molecular weight is 238 g/mol. The molecule has 3 heteroatoms. The van der Waals surface area contributed by atoms with Crippen LogP contribution >= 0.6 is 0 Å². The van der Waals surface area contributed by atoms with E-state index in [1.54, 1.807) is 0 Å². The minimum Gasteiger partial charge on any atom is -0.325 e. The van der Waals surface area contributed by atoms with Gasteiger partial charge in [0.15, 0.2) is 0 Å². The van der Waals surface area contributed by atoms with E-state index in [0.29, 0.717) is 6.03 Å². The normalized spacial score (nSPS) is 23.8. The first-order valence-corrected chi connectivity index (χ1v) is 7.42. The van der Waals surface area contributed by atoms with E-state index in [1.807, 2.05) is 0 Å². The molecule has 2 rings (SSSR count). The lowest BCUT2D eigenvalue weighted by atomic mass is 10.1. The van der Waals surface area contributed by atoms with Crippen LogP contribution < -0.4 is 0 Å². The third-order valence-electron chi connectivity index (χ3n) is 4.00. The second-order valence-electron chi connectivity index (χ2n) is 5.44. The Morgan fingerprint density at radius 3 is 1.18 bits per heavy atom. The number of likely N-dealkylation sites (tertiary alicyclic amines) is 2. The second kappa shape index (κ2) is 6.87. The summed E-state index contributed by atoms with van der Waals surface area (Å²) < 4.78 is 0. The zero-order valence-electron chi connectivity index (χ0n) is 11.0. The minimum absolute atomic E-state index is 0.314. The van der Waals surface area contributed by atoms with Crippen LogP contribution in [0.3, 0.4) is 0 Å². The maximum absolute atomic E-state index is 12.4. The predicted octanol–water partition coefficient (Wildman–Crippen LogP) is 3.25. The number of hydrogen-bond donors (Lipinski definition) is 0. The van der Waals surface area contributed by atoms with Crippen molar-refractivity contribution in [2.45, 2.75) is 57.8 Å². The molecule has 0 aliphatic carbocycles. The largest absolute Gasteiger partial charge is 0.325 e. The van der Waals surface area contributed by atoms with Crippen molar-refractivity contribution in [3.8, 4) is 0 Å². The highest BCUT2D eigenvalue weighted by Crippen LogP contribution is 2.15. The zero-order chi connectivity index (χ0) is 11.9. The monoisotopic (exact) mass is 238 g/mol. The van der Waals surface area contributed by atoms with E-state index in [0.717, 1.165) is 26.2 Å². The first-order valence-electron chi connectivity index (χ1n) is 7.42. The maximum Gasteiger partial charge on any atom is 0.319 e. The van der Waals surface area contributed by atoms with Crippen LogP contribution in [0.4, 0.5) is 4.79 Å². The fourth-order valence-corrected chi connectivity index (χ4v) is 2.90. The SMILES string of the molecule is O=C(N1CCCCCCC1)N1CCCCCC1. The van der Waals surface area contributed by atoms with Gasteiger partial charge in [0, 0.05) is 26.2 Å². The molecule has 17 heavy (non-hydrogen) atoms. The van der Waals surface area contributed by atoms with E-state index in [4.69, 9.17) is 0 Å². The van der Waals surface area contributed by atoms with Crippen molar-refractivity contribution in [1.82, 2.24) is 9.80 Å². The van der Waals surface area contributed by atoms with Crippen molar-refractivity contribution < 1.29 is 4.79 Å². The van der Waals surface area contributed by atoms with Gasteiger partial charge in [-0.15, -0.1) is 0 Å². The van der Waals surface area contributed by atoms with Crippen molar-refractivity contribution in [3.63, 3.8) is 0 Å². The van der Waals surface area contributed by atoms with Gasteiger partial charge in [-0.25, -0.2) is 4.79 Å². The van der Waals surface area contributed by atoms with Gasteiger partial charge in [-0.05, 0) is 25.7 Å². The molecule has 2 fully saturated rings. The average Bonchev–Trinajstić information content (AvgIpc) is 2.56. The summed E-state index contributed by atoms with van der Waals surface area (Å²) in [6.45, 7) is 3.93. The summed E-state index contributed by atoms with van der Waals surface area (Å²) in [5.74, 6) is 0. The highest BCUT2D eigenvalue weighted by atomic mass is 16.2. The van der Waals surface area contributed by atoms with Gasteiger partial charge in [0.05, 0.1) is 0 Å². The Kier molecular flexibility index (Phi) is 5.14. The van der Waals surface area contributed by atoms with Gasteiger partial charge in [0.1, 0.15) is 0 Å². The van der Waals surface area contributed by atoms with Crippen LogP contribution in [0.15, 0.2) is 0 Å². The summed E-state index contributed by atoms with van der Waals surface area (Å²) in [6, 6.07) is 0.314. The van der Waals surface area contributed by atoms with Crippen molar-refractivity contribution >= 4 is 6.03 Å². The third-order valence-corrected chi connectivity index (χ3v) is 4.00. The minimum atomic E-state index is 0.314. The lowest BCUT2D eigenvalue weighted by molar-refractivity contribution is 0.150. The summed E-state index contributed by atoms with van der Waals surface area (Å²) in [7, 11) is 0. The molecule has 0 N–H and O–H groups in total. The Hall–Kier alpha value is -0.730. The van der Waals surface area contributed by atoms with Crippen molar-refractivity contribution in [1.29, 1.82) is 0 Å². The van der Waals surface area contributed by atoms with E-state index >= 15 is 0 Å². The van der Waals surface area contributed by atoms with Crippen LogP contribution in [0.2, 0.25) is 0 Å². The van der Waals surface area contributed by atoms with E-state index in [1.165, 1.54) is 57.8 Å². The standard InChI is InChI=1S/C14H26N2O/c17-14(16-12-8-4-5-9-13-16)15-10-6-2-1-3-7-11-15/h1-13H2. The molecule has 0 atom stereocenters. The van der Waals surface area contributed by atoms with E-state index in [-0.39, 0.29) is 0 Å². The summed E-state index contributed by atoms with van der Waals surface area (Å²) in [6.07, 6.45) is 11.3.